The summed E-state index contributed by atoms with van der Waals surface area (Å²) in [5.74, 6) is -1.15. The van der Waals surface area contributed by atoms with Crippen LogP contribution in [-0.2, 0) is 20.7 Å². The molecule has 0 aliphatic rings. The van der Waals surface area contributed by atoms with Crippen LogP contribution in [0.3, 0.4) is 0 Å². The van der Waals surface area contributed by atoms with Gasteiger partial charge in [-0.1, -0.05) is 48.5 Å². The second-order valence-electron chi connectivity index (χ2n) is 11.6. The highest BCUT2D eigenvalue weighted by Crippen LogP contribution is 2.33. The number of carbonyl (C=O) groups excluding carboxylic acids is 3. The molecule has 0 fully saturated rings. The molecule has 3 aromatic carbocycles. The number of phenols is 2. The highest BCUT2D eigenvalue weighted by Gasteiger charge is 2.39. The number of phenolic OH excluding ortho intramolecular Hbond substituents is 2. The molecule has 0 saturated heterocycles. The summed E-state index contributed by atoms with van der Waals surface area (Å²) < 4.78 is 5.45. The van der Waals surface area contributed by atoms with Crippen molar-refractivity contribution in [2.45, 2.75) is 78.6 Å². The molecule has 0 bridgehead atoms. The molecule has 0 radical (unpaired) electrons. The van der Waals surface area contributed by atoms with Crippen LogP contribution in [0.25, 0.3) is 0 Å². The van der Waals surface area contributed by atoms with E-state index in [1.807, 2.05) is 32.0 Å². The van der Waals surface area contributed by atoms with Gasteiger partial charge in [0.15, 0.2) is 0 Å². The van der Waals surface area contributed by atoms with Gasteiger partial charge in [-0.15, -0.1) is 0 Å². The fraction of sp³-hybridized carbons (Fsp3) is 0.364. The predicted octanol–water partition coefficient (Wildman–Crippen LogP) is 5.77. The molecule has 9 nitrogen and oxygen atoms in total. The summed E-state index contributed by atoms with van der Waals surface area (Å²) in [7, 11) is 0. The van der Waals surface area contributed by atoms with Gasteiger partial charge in [-0.2, -0.15) is 0 Å². The normalized spacial score (nSPS) is 12.8. The molecule has 3 amide bonds. The van der Waals surface area contributed by atoms with Crippen molar-refractivity contribution in [1.82, 2.24) is 10.2 Å². The Bertz CT molecular complexity index is 1390. The Morgan fingerprint density at radius 2 is 1.48 bits per heavy atom. The molecule has 9 heteroatoms. The average molecular weight is 576 g/mol. The highest BCUT2D eigenvalue weighted by molar-refractivity contribution is 6.00. The Labute approximate surface area is 247 Å². The van der Waals surface area contributed by atoms with Crippen LogP contribution < -0.4 is 10.6 Å². The molecule has 42 heavy (non-hydrogen) atoms. The molecule has 0 aromatic heterocycles. The van der Waals surface area contributed by atoms with Crippen LogP contribution in [0.2, 0.25) is 0 Å². The van der Waals surface area contributed by atoms with Crippen LogP contribution in [0, 0.1) is 13.8 Å². The smallest absolute Gasteiger partial charge is 0.408 e. The van der Waals surface area contributed by atoms with Gasteiger partial charge in [0.25, 0.3) is 5.91 Å². The molecule has 224 valence electrons. The number of alkyl carbamates (subject to hydrolysis) is 1. The Balaban J connectivity index is 2.09. The number of hydrogen-bond donors (Lipinski definition) is 4. The molecule has 3 aromatic rings. The lowest BCUT2D eigenvalue weighted by molar-refractivity contribution is -0.143. The first-order chi connectivity index (χ1) is 19.7. The van der Waals surface area contributed by atoms with Crippen molar-refractivity contribution in [1.29, 1.82) is 0 Å². The molecule has 2 unspecified atom stereocenters. The van der Waals surface area contributed by atoms with Crippen molar-refractivity contribution in [3.63, 3.8) is 0 Å². The van der Waals surface area contributed by atoms with E-state index in [2.05, 4.69) is 10.6 Å². The molecule has 0 heterocycles. The van der Waals surface area contributed by atoms with Gasteiger partial charge in [-0.3, -0.25) is 9.59 Å². The van der Waals surface area contributed by atoms with Gasteiger partial charge in [0.1, 0.15) is 29.2 Å². The number of aromatic hydroxyl groups is 2. The molecule has 0 aliphatic heterocycles. The lowest BCUT2D eigenvalue weighted by Gasteiger charge is -2.37. The Morgan fingerprint density at radius 1 is 0.881 bits per heavy atom. The summed E-state index contributed by atoms with van der Waals surface area (Å²) in [6.07, 6.45) is -0.726. The van der Waals surface area contributed by atoms with Gasteiger partial charge in [0.2, 0.25) is 5.91 Å². The Morgan fingerprint density at radius 3 is 2.02 bits per heavy atom. The number of anilines is 1. The van der Waals surface area contributed by atoms with Gasteiger partial charge in [0.05, 0.1) is 0 Å². The Hall–Kier alpha value is -4.53. The van der Waals surface area contributed by atoms with Crippen LogP contribution in [-0.4, -0.2) is 50.7 Å². The number of para-hydroxylation sites is 2. The third-order valence-electron chi connectivity index (χ3n) is 6.66. The van der Waals surface area contributed by atoms with Crippen molar-refractivity contribution in [3.8, 4) is 11.5 Å². The third-order valence-corrected chi connectivity index (χ3v) is 6.66. The molecular formula is C33H41N3O6. The number of hydrogen-bond acceptors (Lipinski definition) is 6. The number of ether oxygens (including phenoxy) is 1. The van der Waals surface area contributed by atoms with E-state index in [-0.39, 0.29) is 23.5 Å². The van der Waals surface area contributed by atoms with Crippen molar-refractivity contribution in [3.05, 3.63) is 89.0 Å². The predicted molar refractivity (Wildman–Crippen MR) is 162 cm³/mol. The maximum absolute atomic E-state index is 14.4. The summed E-state index contributed by atoms with van der Waals surface area (Å²) >= 11 is 0. The van der Waals surface area contributed by atoms with Crippen LogP contribution in [0.4, 0.5) is 10.5 Å². The van der Waals surface area contributed by atoms with Gasteiger partial charge in [-0.25, -0.2) is 4.79 Å². The van der Waals surface area contributed by atoms with E-state index in [4.69, 9.17) is 4.74 Å². The third kappa shape index (κ3) is 8.25. The minimum Gasteiger partial charge on any atom is -0.508 e. The zero-order chi connectivity index (χ0) is 31.2. The number of rotatable bonds is 9. The van der Waals surface area contributed by atoms with Crippen LogP contribution >= 0.6 is 0 Å². The largest absolute Gasteiger partial charge is 0.508 e. The molecular weight excluding hydrogens is 534 g/mol. The second-order valence-corrected chi connectivity index (χ2v) is 11.6. The lowest BCUT2D eigenvalue weighted by Crippen LogP contribution is -2.55. The zero-order valence-corrected chi connectivity index (χ0v) is 25.3. The quantitative estimate of drug-likeness (QED) is 0.257. The standard InChI is InChI=1S/C33H41N3O6/c1-20(2)36(31(40)26(34-32(41)42-33(5,6)7)19-23-15-17-24(37)18-16-23)29(25-13-8-9-14-27(25)38)30(39)35-28-21(3)11-10-12-22(28)4/h8-18,20,26,29,37-38H,19H2,1-7H3,(H,34,41)(H,35,39). The van der Waals surface area contributed by atoms with Crippen molar-refractivity contribution < 1.29 is 29.3 Å². The van der Waals surface area contributed by atoms with E-state index in [0.29, 0.717) is 11.3 Å². The highest BCUT2D eigenvalue weighted by atomic mass is 16.6. The number of benzene rings is 3. The molecule has 0 saturated carbocycles. The van der Waals surface area contributed by atoms with Crippen LogP contribution in [0.15, 0.2) is 66.7 Å². The van der Waals surface area contributed by atoms with E-state index in [0.717, 1.165) is 11.1 Å². The van der Waals surface area contributed by atoms with Gasteiger partial charge in [-0.05, 0) is 83.4 Å². The summed E-state index contributed by atoms with van der Waals surface area (Å²) in [4.78, 5) is 42.8. The average Bonchev–Trinajstić information content (AvgIpc) is 2.89. The molecule has 3 rings (SSSR count). The number of amides is 3. The van der Waals surface area contributed by atoms with Gasteiger partial charge in [0, 0.05) is 23.7 Å². The van der Waals surface area contributed by atoms with Crippen LogP contribution in [0.5, 0.6) is 11.5 Å². The number of nitrogens with zero attached hydrogens (tertiary/aromatic N) is 1. The minimum atomic E-state index is -1.24. The monoisotopic (exact) mass is 575 g/mol. The van der Waals surface area contributed by atoms with E-state index in [9.17, 15) is 24.6 Å². The summed E-state index contributed by atoms with van der Waals surface area (Å²) in [5, 5.41) is 26.3. The summed E-state index contributed by atoms with van der Waals surface area (Å²) in [6, 6.07) is 15.4. The first-order valence-corrected chi connectivity index (χ1v) is 13.9. The first kappa shape index (κ1) is 32.0. The van der Waals surface area contributed by atoms with Gasteiger partial charge < -0.3 is 30.5 Å². The Kier molecular flexibility index (Phi) is 10.2. The fourth-order valence-corrected chi connectivity index (χ4v) is 4.72. The maximum atomic E-state index is 14.4. The number of carbonyl (C=O) groups is 3. The topological polar surface area (TPSA) is 128 Å². The number of nitrogens with one attached hydrogen (secondary N) is 2. The molecule has 0 aliphatic carbocycles. The van der Waals surface area contributed by atoms with Gasteiger partial charge >= 0.3 is 6.09 Å². The second kappa shape index (κ2) is 13.4. The lowest BCUT2D eigenvalue weighted by atomic mass is 9.97. The van der Waals surface area contributed by atoms with Crippen molar-refractivity contribution in [2.75, 3.05) is 5.32 Å². The summed E-state index contributed by atoms with van der Waals surface area (Å²) in [6.45, 7) is 12.4. The first-order valence-electron chi connectivity index (χ1n) is 13.9. The molecule has 2 atom stereocenters. The minimum absolute atomic E-state index is 0.0631. The van der Waals surface area contributed by atoms with Crippen LogP contribution in [0.1, 0.15) is 62.9 Å². The van der Waals surface area contributed by atoms with E-state index < -0.39 is 41.6 Å². The molecule has 0 spiro atoms. The summed E-state index contributed by atoms with van der Waals surface area (Å²) in [5.41, 5.74) is 2.41. The fourth-order valence-electron chi connectivity index (χ4n) is 4.72. The SMILES string of the molecule is Cc1cccc(C)c1NC(=O)C(c1ccccc1O)N(C(=O)C(Cc1ccc(O)cc1)NC(=O)OC(C)(C)C)C(C)C. The maximum Gasteiger partial charge on any atom is 0.408 e. The zero-order valence-electron chi connectivity index (χ0n) is 25.3. The van der Waals surface area contributed by atoms with Crippen molar-refractivity contribution >= 4 is 23.6 Å². The van der Waals surface area contributed by atoms with E-state index in [1.54, 1.807) is 65.0 Å². The molecule has 4 N–H and O–H groups in total. The van der Waals surface area contributed by atoms with E-state index in [1.165, 1.54) is 23.1 Å². The number of aryl methyl sites for hydroxylation is 2. The van der Waals surface area contributed by atoms with Crippen molar-refractivity contribution in [2.24, 2.45) is 0 Å². The van der Waals surface area contributed by atoms with E-state index >= 15 is 0 Å².